The first-order valence-electron chi connectivity index (χ1n) is 4.64. The Morgan fingerprint density at radius 3 is 2.71 bits per heavy atom. The van der Waals surface area contributed by atoms with Gasteiger partial charge in [-0.2, -0.15) is 5.26 Å². The van der Waals surface area contributed by atoms with Crippen molar-refractivity contribution in [2.75, 3.05) is 0 Å². The molecule has 0 atom stereocenters. The number of nitrogens with one attached hydrogen (secondary N) is 1. The molecule has 0 aliphatic heterocycles. The van der Waals surface area contributed by atoms with Gasteiger partial charge in [-0.25, -0.2) is 0 Å². The molecule has 0 amide bonds. The lowest BCUT2D eigenvalue weighted by atomic mass is 10.1. The smallest absolute Gasteiger partial charge is 0.101 e. The number of aryl methyl sites for hydroxylation is 1. The van der Waals surface area contributed by atoms with E-state index in [0.29, 0.717) is 5.56 Å². The predicted molar refractivity (Wildman–Crippen MR) is 56.9 cm³/mol. The summed E-state index contributed by atoms with van der Waals surface area (Å²) in [5.41, 5.74) is 2.64. The van der Waals surface area contributed by atoms with E-state index in [9.17, 15) is 0 Å². The second-order valence-corrected chi connectivity index (χ2v) is 2.69. The highest BCUT2D eigenvalue weighted by Gasteiger charge is 2.04. The van der Waals surface area contributed by atoms with Gasteiger partial charge < -0.3 is 4.98 Å². The average Bonchev–Trinajstić information content (AvgIpc) is 2.64. The molecule has 2 aromatic heterocycles. The van der Waals surface area contributed by atoms with Gasteiger partial charge in [-0.15, -0.1) is 0 Å². The molecule has 3 heteroatoms. The third kappa shape index (κ3) is 1.60. The lowest BCUT2D eigenvalue weighted by Gasteiger charge is -1.92. The second kappa shape index (κ2) is 4.43. The molecule has 0 fully saturated rings. The van der Waals surface area contributed by atoms with Crippen LogP contribution in [0, 0.1) is 18.3 Å². The number of aromatic nitrogens is 2. The summed E-state index contributed by atoms with van der Waals surface area (Å²) in [6, 6.07) is 2.11. The SMILES string of the molecule is CC.Cc1c[nH]c2cncc(C#N)c12. The average molecular weight is 187 g/mol. The summed E-state index contributed by atoms with van der Waals surface area (Å²) in [5.74, 6) is 0. The monoisotopic (exact) mass is 187 g/mol. The van der Waals surface area contributed by atoms with Crippen LogP contribution in [0.15, 0.2) is 18.6 Å². The van der Waals surface area contributed by atoms with E-state index >= 15 is 0 Å². The molecule has 72 valence electrons. The molecule has 3 nitrogen and oxygen atoms in total. The maximum atomic E-state index is 8.77. The van der Waals surface area contributed by atoms with E-state index < -0.39 is 0 Å². The van der Waals surface area contributed by atoms with E-state index in [2.05, 4.69) is 16.0 Å². The molecule has 0 bridgehead atoms. The summed E-state index contributed by atoms with van der Waals surface area (Å²) in [4.78, 5) is 6.99. The molecule has 0 aliphatic rings. The van der Waals surface area contributed by atoms with Crippen molar-refractivity contribution in [1.29, 1.82) is 5.26 Å². The molecule has 2 heterocycles. The summed E-state index contributed by atoms with van der Waals surface area (Å²) in [6.45, 7) is 5.97. The summed E-state index contributed by atoms with van der Waals surface area (Å²) < 4.78 is 0. The second-order valence-electron chi connectivity index (χ2n) is 2.69. The Morgan fingerprint density at radius 2 is 2.07 bits per heavy atom. The fourth-order valence-electron chi connectivity index (χ4n) is 1.34. The molecule has 14 heavy (non-hydrogen) atoms. The number of nitrogens with zero attached hydrogens (tertiary/aromatic N) is 2. The minimum absolute atomic E-state index is 0.631. The highest BCUT2D eigenvalue weighted by Crippen LogP contribution is 2.19. The van der Waals surface area contributed by atoms with Crippen molar-refractivity contribution >= 4 is 10.9 Å². The first-order chi connectivity index (χ1) is 6.83. The Hall–Kier alpha value is -1.82. The van der Waals surface area contributed by atoms with Crippen LogP contribution < -0.4 is 0 Å². The summed E-state index contributed by atoms with van der Waals surface area (Å²) in [5, 5.41) is 9.75. The van der Waals surface area contributed by atoms with E-state index in [1.807, 2.05) is 27.0 Å². The van der Waals surface area contributed by atoms with Crippen LogP contribution in [-0.2, 0) is 0 Å². The molecule has 0 spiro atoms. The largest absolute Gasteiger partial charge is 0.360 e. The number of fused-ring (bicyclic) bond motifs is 1. The zero-order valence-corrected chi connectivity index (χ0v) is 8.63. The Bertz CT molecular complexity index is 463. The lowest BCUT2D eigenvalue weighted by molar-refractivity contribution is 1.32. The zero-order chi connectivity index (χ0) is 10.6. The maximum Gasteiger partial charge on any atom is 0.101 e. The van der Waals surface area contributed by atoms with Gasteiger partial charge in [0.25, 0.3) is 0 Å². The fourth-order valence-corrected chi connectivity index (χ4v) is 1.34. The third-order valence-corrected chi connectivity index (χ3v) is 1.90. The molecule has 1 N–H and O–H groups in total. The van der Waals surface area contributed by atoms with E-state index in [-0.39, 0.29) is 0 Å². The molecular weight excluding hydrogens is 174 g/mol. The number of H-pyrrole nitrogens is 1. The quantitative estimate of drug-likeness (QED) is 0.689. The van der Waals surface area contributed by atoms with Crippen LogP contribution in [0.4, 0.5) is 0 Å². The van der Waals surface area contributed by atoms with Crippen LogP contribution in [0.3, 0.4) is 0 Å². The van der Waals surface area contributed by atoms with Crippen molar-refractivity contribution < 1.29 is 0 Å². The van der Waals surface area contributed by atoms with Gasteiger partial charge in [-0.1, -0.05) is 13.8 Å². The number of aromatic amines is 1. The van der Waals surface area contributed by atoms with Gasteiger partial charge in [0.15, 0.2) is 0 Å². The fraction of sp³-hybridized carbons (Fsp3) is 0.273. The Morgan fingerprint density at radius 1 is 1.36 bits per heavy atom. The maximum absolute atomic E-state index is 8.77. The molecule has 0 unspecified atom stereocenters. The minimum Gasteiger partial charge on any atom is -0.360 e. The molecule has 0 aromatic carbocycles. The number of hydrogen-bond donors (Lipinski definition) is 1. The normalized spacial score (nSPS) is 9.00. The van der Waals surface area contributed by atoms with Gasteiger partial charge in [0, 0.05) is 17.8 Å². The van der Waals surface area contributed by atoms with Gasteiger partial charge in [0.05, 0.1) is 17.3 Å². The Kier molecular flexibility index (Phi) is 3.24. The van der Waals surface area contributed by atoms with Gasteiger partial charge in [0.1, 0.15) is 6.07 Å². The van der Waals surface area contributed by atoms with Crippen LogP contribution >= 0.6 is 0 Å². The van der Waals surface area contributed by atoms with Gasteiger partial charge in [-0.3, -0.25) is 4.98 Å². The number of rotatable bonds is 0. The summed E-state index contributed by atoms with van der Waals surface area (Å²) in [7, 11) is 0. The highest BCUT2D eigenvalue weighted by molar-refractivity contribution is 5.87. The predicted octanol–water partition coefficient (Wildman–Crippen LogP) is 2.77. The van der Waals surface area contributed by atoms with Crippen molar-refractivity contribution in [3.8, 4) is 6.07 Å². The van der Waals surface area contributed by atoms with Gasteiger partial charge in [0.2, 0.25) is 0 Å². The van der Waals surface area contributed by atoms with Gasteiger partial charge in [-0.05, 0) is 12.5 Å². The van der Waals surface area contributed by atoms with Crippen LogP contribution in [0.2, 0.25) is 0 Å². The highest BCUT2D eigenvalue weighted by atomic mass is 14.7. The topological polar surface area (TPSA) is 52.5 Å². The van der Waals surface area contributed by atoms with E-state index in [0.717, 1.165) is 16.5 Å². The van der Waals surface area contributed by atoms with Crippen molar-refractivity contribution in [3.05, 3.63) is 29.7 Å². The first-order valence-corrected chi connectivity index (χ1v) is 4.64. The molecule has 0 saturated carbocycles. The molecular formula is C11H13N3. The van der Waals surface area contributed by atoms with Crippen molar-refractivity contribution in [2.24, 2.45) is 0 Å². The van der Waals surface area contributed by atoms with Crippen LogP contribution in [-0.4, -0.2) is 9.97 Å². The Labute approximate surface area is 83.4 Å². The molecule has 0 radical (unpaired) electrons. The zero-order valence-electron chi connectivity index (χ0n) is 8.63. The molecule has 0 saturated heterocycles. The summed E-state index contributed by atoms with van der Waals surface area (Å²) in [6.07, 6.45) is 5.19. The summed E-state index contributed by atoms with van der Waals surface area (Å²) >= 11 is 0. The number of nitriles is 1. The van der Waals surface area contributed by atoms with Crippen LogP contribution in [0.1, 0.15) is 25.0 Å². The Balaban J connectivity index is 0.000000461. The minimum atomic E-state index is 0.631. The standard InChI is InChI=1S/C9H7N3.C2H6/c1-6-3-12-8-5-11-4-7(2-10)9(6)8;1-2/h3-5,12H,1H3;1-2H3. The van der Waals surface area contributed by atoms with Crippen LogP contribution in [0.25, 0.3) is 10.9 Å². The lowest BCUT2D eigenvalue weighted by Crippen LogP contribution is -1.80. The first kappa shape index (κ1) is 10.3. The number of pyridine rings is 1. The van der Waals surface area contributed by atoms with E-state index in [1.165, 1.54) is 0 Å². The molecule has 2 aromatic rings. The number of hydrogen-bond acceptors (Lipinski definition) is 2. The van der Waals surface area contributed by atoms with Gasteiger partial charge >= 0.3 is 0 Å². The van der Waals surface area contributed by atoms with Crippen molar-refractivity contribution in [2.45, 2.75) is 20.8 Å². The van der Waals surface area contributed by atoms with Crippen LogP contribution in [0.5, 0.6) is 0 Å². The van der Waals surface area contributed by atoms with E-state index in [1.54, 1.807) is 12.4 Å². The molecule has 0 aliphatic carbocycles. The van der Waals surface area contributed by atoms with E-state index in [4.69, 9.17) is 5.26 Å². The third-order valence-electron chi connectivity index (χ3n) is 1.90. The van der Waals surface area contributed by atoms with Crippen molar-refractivity contribution in [3.63, 3.8) is 0 Å². The molecule has 2 rings (SSSR count). The van der Waals surface area contributed by atoms with Crippen molar-refractivity contribution in [1.82, 2.24) is 9.97 Å².